The lowest BCUT2D eigenvalue weighted by Gasteiger charge is -2.43. The van der Waals surface area contributed by atoms with Crippen molar-refractivity contribution in [3.05, 3.63) is 12.2 Å². The van der Waals surface area contributed by atoms with Crippen LogP contribution in [0.2, 0.25) is 0 Å². The third kappa shape index (κ3) is 1.28. The molecule has 0 aliphatic heterocycles. The van der Waals surface area contributed by atoms with Gasteiger partial charge in [-0.05, 0) is 38.0 Å². The molecule has 2 unspecified atom stereocenters. The van der Waals surface area contributed by atoms with Gasteiger partial charge >= 0.3 is 0 Å². The van der Waals surface area contributed by atoms with Crippen molar-refractivity contribution in [2.75, 3.05) is 0 Å². The normalized spacial score (nSPS) is 41.9. The molecule has 2 aliphatic rings. The molecule has 0 radical (unpaired) electrons. The van der Waals surface area contributed by atoms with Crippen LogP contribution in [0.5, 0.6) is 0 Å². The number of hydrogen-bond donors (Lipinski definition) is 1. The zero-order chi connectivity index (χ0) is 9.31. The molecule has 0 aromatic heterocycles. The van der Waals surface area contributed by atoms with Gasteiger partial charge in [-0.1, -0.05) is 24.2 Å². The second-order valence-corrected chi connectivity index (χ2v) is 4.46. The van der Waals surface area contributed by atoms with Crippen molar-refractivity contribution in [2.45, 2.75) is 39.0 Å². The van der Waals surface area contributed by atoms with Gasteiger partial charge in [-0.15, -0.1) is 0 Å². The molecule has 2 rings (SSSR count). The van der Waals surface area contributed by atoms with E-state index >= 15 is 0 Å². The van der Waals surface area contributed by atoms with Gasteiger partial charge in [0, 0.05) is 5.41 Å². The monoisotopic (exact) mass is 179 g/mol. The summed E-state index contributed by atoms with van der Waals surface area (Å²) in [6, 6.07) is 0. The van der Waals surface area contributed by atoms with E-state index in [1.165, 1.54) is 12.8 Å². The maximum absolute atomic E-state index is 8.96. The summed E-state index contributed by atoms with van der Waals surface area (Å²) in [7, 11) is 0. The molecule has 1 N–H and O–H groups in total. The molecule has 2 atom stereocenters. The highest BCUT2D eigenvalue weighted by atomic mass is 16.4. The van der Waals surface area contributed by atoms with Crippen LogP contribution in [0, 0.1) is 11.3 Å². The number of rotatable bonds is 0. The minimum Gasteiger partial charge on any atom is -0.411 e. The Morgan fingerprint density at radius 2 is 2.38 bits per heavy atom. The van der Waals surface area contributed by atoms with Crippen LogP contribution in [-0.2, 0) is 0 Å². The molecule has 0 aromatic carbocycles. The van der Waals surface area contributed by atoms with E-state index in [1.54, 1.807) is 0 Å². The van der Waals surface area contributed by atoms with Crippen LogP contribution >= 0.6 is 0 Å². The van der Waals surface area contributed by atoms with Gasteiger partial charge in [-0.2, -0.15) is 0 Å². The molecule has 72 valence electrons. The lowest BCUT2D eigenvalue weighted by atomic mass is 9.61. The first-order valence-electron chi connectivity index (χ1n) is 5.14. The van der Waals surface area contributed by atoms with E-state index in [1.807, 2.05) is 0 Å². The molecule has 13 heavy (non-hydrogen) atoms. The van der Waals surface area contributed by atoms with Gasteiger partial charge in [0.15, 0.2) is 0 Å². The van der Waals surface area contributed by atoms with E-state index < -0.39 is 0 Å². The van der Waals surface area contributed by atoms with Gasteiger partial charge in [-0.3, -0.25) is 0 Å². The van der Waals surface area contributed by atoms with Crippen molar-refractivity contribution in [1.29, 1.82) is 0 Å². The fraction of sp³-hybridized carbons (Fsp3) is 0.727. The van der Waals surface area contributed by atoms with Crippen molar-refractivity contribution in [3.8, 4) is 0 Å². The van der Waals surface area contributed by atoms with Crippen LogP contribution in [0.4, 0.5) is 0 Å². The zero-order valence-electron chi connectivity index (χ0n) is 8.16. The number of allylic oxidation sites excluding steroid dienone is 2. The summed E-state index contributed by atoms with van der Waals surface area (Å²) in [6.07, 6.45) is 10.2. The Morgan fingerprint density at radius 1 is 1.54 bits per heavy atom. The highest BCUT2D eigenvalue weighted by Gasteiger charge is 2.41. The van der Waals surface area contributed by atoms with E-state index in [2.05, 4.69) is 24.2 Å². The quantitative estimate of drug-likeness (QED) is 0.346. The minimum absolute atomic E-state index is 0.155. The molecule has 1 saturated carbocycles. The van der Waals surface area contributed by atoms with E-state index in [4.69, 9.17) is 5.21 Å². The Kier molecular flexibility index (Phi) is 2.14. The van der Waals surface area contributed by atoms with Gasteiger partial charge in [0.1, 0.15) is 0 Å². The van der Waals surface area contributed by atoms with Crippen molar-refractivity contribution < 1.29 is 5.21 Å². The van der Waals surface area contributed by atoms with Crippen LogP contribution in [0.15, 0.2) is 17.3 Å². The highest BCUT2D eigenvalue weighted by molar-refractivity contribution is 5.90. The second kappa shape index (κ2) is 3.17. The SMILES string of the molecule is CC12CC=CCC1CCC/C2=N\O. The number of hydrogen-bond acceptors (Lipinski definition) is 2. The van der Waals surface area contributed by atoms with E-state index in [0.29, 0.717) is 5.92 Å². The first-order valence-corrected chi connectivity index (χ1v) is 5.14. The van der Waals surface area contributed by atoms with Crippen molar-refractivity contribution in [2.24, 2.45) is 16.5 Å². The molecule has 2 nitrogen and oxygen atoms in total. The third-order valence-electron chi connectivity index (χ3n) is 3.78. The van der Waals surface area contributed by atoms with Crippen molar-refractivity contribution in [3.63, 3.8) is 0 Å². The maximum Gasteiger partial charge on any atom is 0.0635 e. The Labute approximate surface area is 79.3 Å². The Balaban J connectivity index is 2.30. The van der Waals surface area contributed by atoms with Crippen molar-refractivity contribution >= 4 is 5.71 Å². The number of nitrogens with zero attached hydrogens (tertiary/aromatic N) is 1. The number of oxime groups is 1. The first-order chi connectivity index (χ1) is 6.27. The summed E-state index contributed by atoms with van der Waals surface area (Å²) in [5, 5.41) is 12.4. The maximum atomic E-state index is 8.96. The number of fused-ring (bicyclic) bond motifs is 1. The zero-order valence-corrected chi connectivity index (χ0v) is 8.16. The fourth-order valence-electron chi connectivity index (χ4n) is 2.77. The van der Waals surface area contributed by atoms with Crippen molar-refractivity contribution in [1.82, 2.24) is 0 Å². The average Bonchev–Trinajstić information content (AvgIpc) is 2.16. The van der Waals surface area contributed by atoms with Crippen LogP contribution in [0.25, 0.3) is 0 Å². The molecule has 0 saturated heterocycles. The van der Waals surface area contributed by atoms with Crippen LogP contribution in [-0.4, -0.2) is 10.9 Å². The summed E-state index contributed by atoms with van der Waals surface area (Å²) >= 11 is 0. The minimum atomic E-state index is 0.155. The van der Waals surface area contributed by atoms with E-state index in [0.717, 1.165) is 25.0 Å². The Morgan fingerprint density at radius 3 is 3.15 bits per heavy atom. The Hall–Kier alpha value is -0.790. The van der Waals surface area contributed by atoms with E-state index in [-0.39, 0.29) is 5.41 Å². The molecule has 2 heteroatoms. The largest absolute Gasteiger partial charge is 0.411 e. The topological polar surface area (TPSA) is 32.6 Å². The Bertz CT molecular complexity index is 257. The molecule has 2 aliphatic carbocycles. The predicted octanol–water partition coefficient (Wildman–Crippen LogP) is 2.97. The fourth-order valence-corrected chi connectivity index (χ4v) is 2.77. The van der Waals surface area contributed by atoms with Gasteiger partial charge < -0.3 is 5.21 Å². The lowest BCUT2D eigenvalue weighted by Crippen LogP contribution is -2.40. The lowest BCUT2D eigenvalue weighted by molar-refractivity contribution is 0.212. The molecule has 1 fully saturated rings. The molecule has 0 bridgehead atoms. The molecule has 0 heterocycles. The highest BCUT2D eigenvalue weighted by Crippen LogP contribution is 2.46. The van der Waals surface area contributed by atoms with E-state index in [9.17, 15) is 0 Å². The smallest absolute Gasteiger partial charge is 0.0635 e. The van der Waals surface area contributed by atoms with Gasteiger partial charge in [0.25, 0.3) is 0 Å². The van der Waals surface area contributed by atoms with Gasteiger partial charge in [-0.25, -0.2) is 0 Å². The predicted molar refractivity (Wildman–Crippen MR) is 53.0 cm³/mol. The molecule has 0 spiro atoms. The standard InChI is InChI=1S/C11H17NO/c1-11-8-3-2-5-9(11)6-4-7-10(11)12-13/h2-3,9,13H,4-8H2,1H3/b12-10+. The average molecular weight is 179 g/mol. The van der Waals surface area contributed by atoms with Crippen LogP contribution in [0.1, 0.15) is 39.0 Å². The molecular formula is C11H17NO. The van der Waals surface area contributed by atoms with Crippen LogP contribution < -0.4 is 0 Å². The van der Waals surface area contributed by atoms with Crippen LogP contribution in [0.3, 0.4) is 0 Å². The molecule has 0 aromatic rings. The summed E-state index contributed by atoms with van der Waals surface area (Å²) in [5.74, 6) is 0.706. The molecular weight excluding hydrogens is 162 g/mol. The first kappa shape index (κ1) is 8.79. The third-order valence-corrected chi connectivity index (χ3v) is 3.78. The van der Waals surface area contributed by atoms with Gasteiger partial charge in [0.05, 0.1) is 5.71 Å². The molecule has 0 amide bonds. The van der Waals surface area contributed by atoms with Gasteiger partial charge in [0.2, 0.25) is 0 Å². The second-order valence-electron chi connectivity index (χ2n) is 4.46. The summed E-state index contributed by atoms with van der Waals surface area (Å²) in [5.41, 5.74) is 1.18. The summed E-state index contributed by atoms with van der Waals surface area (Å²) in [4.78, 5) is 0. The summed E-state index contributed by atoms with van der Waals surface area (Å²) in [6.45, 7) is 2.25. The summed E-state index contributed by atoms with van der Waals surface area (Å²) < 4.78 is 0.